The van der Waals surface area contributed by atoms with Crippen molar-refractivity contribution in [1.29, 1.82) is 0 Å². The Morgan fingerprint density at radius 1 is 1.14 bits per heavy atom. The van der Waals surface area contributed by atoms with Gasteiger partial charge >= 0.3 is 0 Å². The van der Waals surface area contributed by atoms with Crippen LogP contribution in [0, 0.1) is 13.8 Å². The fourth-order valence-corrected chi connectivity index (χ4v) is 3.56. The largest absolute Gasteiger partial charge is 0.352 e. The van der Waals surface area contributed by atoms with Crippen LogP contribution in [0.15, 0.2) is 53.7 Å². The molecular formula is C20H20N6OS. The molecule has 0 bridgehead atoms. The lowest BCUT2D eigenvalue weighted by Crippen LogP contribution is -2.16. The minimum Gasteiger partial charge on any atom is -0.352 e. The van der Waals surface area contributed by atoms with E-state index in [1.165, 1.54) is 22.0 Å². The Balaban J connectivity index is 1.44. The molecule has 4 N–H and O–H groups in total. The van der Waals surface area contributed by atoms with Gasteiger partial charge in [0.05, 0.1) is 11.4 Å². The molecule has 0 aliphatic carbocycles. The van der Waals surface area contributed by atoms with Crippen molar-refractivity contribution in [2.75, 3.05) is 16.9 Å². The first-order valence-electron chi connectivity index (χ1n) is 8.80. The molecule has 1 amide bonds. The molecule has 2 heterocycles. The van der Waals surface area contributed by atoms with Crippen LogP contribution < -0.4 is 11.2 Å². The second-order valence-corrected chi connectivity index (χ2v) is 7.52. The maximum absolute atomic E-state index is 12.3. The van der Waals surface area contributed by atoms with Crippen molar-refractivity contribution in [3.63, 3.8) is 0 Å². The third-order valence-electron chi connectivity index (χ3n) is 4.56. The predicted octanol–water partition coefficient (Wildman–Crippen LogP) is 3.49. The summed E-state index contributed by atoms with van der Waals surface area (Å²) in [6.45, 7) is 4.05. The van der Waals surface area contributed by atoms with E-state index in [1.54, 1.807) is 0 Å². The lowest BCUT2D eigenvalue weighted by Gasteiger charge is -2.07. The van der Waals surface area contributed by atoms with Crippen LogP contribution in [-0.2, 0) is 4.79 Å². The van der Waals surface area contributed by atoms with E-state index < -0.39 is 0 Å². The van der Waals surface area contributed by atoms with Crippen molar-refractivity contribution < 1.29 is 4.79 Å². The molecule has 8 heteroatoms. The van der Waals surface area contributed by atoms with Gasteiger partial charge in [-0.25, -0.2) is 4.68 Å². The van der Waals surface area contributed by atoms with Crippen LogP contribution in [-0.4, -0.2) is 31.5 Å². The van der Waals surface area contributed by atoms with Crippen molar-refractivity contribution in [2.24, 2.45) is 0 Å². The molecule has 0 saturated carbocycles. The van der Waals surface area contributed by atoms with Gasteiger partial charge in [-0.3, -0.25) is 4.79 Å². The summed E-state index contributed by atoms with van der Waals surface area (Å²) in [4.78, 5) is 15.5. The molecule has 0 spiro atoms. The van der Waals surface area contributed by atoms with Gasteiger partial charge in [0.1, 0.15) is 0 Å². The third-order valence-corrected chi connectivity index (χ3v) is 5.50. The molecule has 0 saturated heterocycles. The molecule has 0 radical (unpaired) electrons. The number of aromatic nitrogens is 4. The van der Waals surface area contributed by atoms with Crippen LogP contribution in [0.4, 0.5) is 5.69 Å². The number of fused-ring (bicyclic) bond motifs is 1. The fraction of sp³-hybridized carbons (Fsp3) is 0.150. The Labute approximate surface area is 166 Å². The summed E-state index contributed by atoms with van der Waals surface area (Å²) in [6.07, 6.45) is 0. The molecule has 2 aromatic heterocycles. The topological polar surface area (TPSA) is 102 Å². The van der Waals surface area contributed by atoms with Gasteiger partial charge < -0.3 is 16.1 Å². The number of H-pyrrole nitrogens is 1. The number of benzene rings is 2. The highest BCUT2D eigenvalue weighted by Crippen LogP contribution is 2.25. The summed E-state index contributed by atoms with van der Waals surface area (Å²) in [5, 5.41) is 12.7. The van der Waals surface area contributed by atoms with Crippen molar-refractivity contribution in [3.05, 3.63) is 59.7 Å². The second kappa shape index (κ2) is 7.40. The van der Waals surface area contributed by atoms with Crippen molar-refractivity contribution in [1.82, 2.24) is 19.9 Å². The molecule has 0 aliphatic rings. The van der Waals surface area contributed by atoms with Crippen LogP contribution >= 0.6 is 11.8 Å². The Bertz CT molecular complexity index is 1130. The smallest absolute Gasteiger partial charge is 0.234 e. The number of anilines is 1. The summed E-state index contributed by atoms with van der Waals surface area (Å²) in [7, 11) is 0. The predicted molar refractivity (Wildman–Crippen MR) is 113 cm³/mol. The zero-order valence-corrected chi connectivity index (χ0v) is 16.4. The number of aryl methyl sites for hydroxylation is 2. The number of amides is 1. The zero-order chi connectivity index (χ0) is 19.7. The highest BCUT2D eigenvalue weighted by molar-refractivity contribution is 7.99. The maximum Gasteiger partial charge on any atom is 0.234 e. The van der Waals surface area contributed by atoms with E-state index in [2.05, 4.69) is 20.5 Å². The molecular weight excluding hydrogens is 372 g/mol. The number of hydrogen-bond donors (Lipinski definition) is 3. The van der Waals surface area contributed by atoms with Crippen molar-refractivity contribution in [2.45, 2.75) is 19.0 Å². The quantitative estimate of drug-likeness (QED) is 0.356. The van der Waals surface area contributed by atoms with Gasteiger partial charge in [-0.05, 0) is 49.2 Å². The molecule has 7 nitrogen and oxygen atoms in total. The minimum absolute atomic E-state index is 0.122. The van der Waals surface area contributed by atoms with E-state index in [0.717, 1.165) is 27.8 Å². The third kappa shape index (κ3) is 3.59. The molecule has 28 heavy (non-hydrogen) atoms. The molecule has 0 atom stereocenters. The first-order chi connectivity index (χ1) is 13.5. The van der Waals surface area contributed by atoms with Gasteiger partial charge in [-0.2, -0.15) is 0 Å². The van der Waals surface area contributed by atoms with Crippen molar-refractivity contribution in [3.8, 4) is 11.5 Å². The molecule has 0 fully saturated rings. The van der Waals surface area contributed by atoms with Crippen LogP contribution in [0.2, 0.25) is 0 Å². The van der Waals surface area contributed by atoms with E-state index in [4.69, 9.17) is 5.84 Å². The fourth-order valence-electron chi connectivity index (χ4n) is 2.90. The molecule has 0 unspecified atom stereocenters. The molecule has 4 aromatic rings. The zero-order valence-electron chi connectivity index (χ0n) is 15.6. The van der Waals surface area contributed by atoms with Gasteiger partial charge in [0.2, 0.25) is 11.1 Å². The first kappa shape index (κ1) is 18.1. The second-order valence-electron chi connectivity index (χ2n) is 6.58. The van der Waals surface area contributed by atoms with Crippen molar-refractivity contribution >= 4 is 34.3 Å². The Morgan fingerprint density at radius 3 is 2.75 bits per heavy atom. The van der Waals surface area contributed by atoms with Gasteiger partial charge in [-0.15, -0.1) is 10.2 Å². The average Bonchev–Trinajstić information content (AvgIpc) is 3.26. The van der Waals surface area contributed by atoms with E-state index in [9.17, 15) is 4.79 Å². The summed E-state index contributed by atoms with van der Waals surface area (Å²) in [5.74, 6) is 6.74. The number of carbonyl (C=O) groups is 1. The average molecular weight is 392 g/mol. The number of aromatic amines is 1. The molecule has 0 aliphatic heterocycles. The van der Waals surface area contributed by atoms with Crippen LogP contribution in [0.3, 0.4) is 0 Å². The van der Waals surface area contributed by atoms with Gasteiger partial charge in [0.25, 0.3) is 0 Å². The standard InChI is InChI=1S/C20H20N6OS/c1-12-7-8-15(9-13(12)2)22-18(27)11-28-20-25-24-19(26(20)21)17-10-14-5-3-4-6-16(14)23-17/h3-10,23H,11,21H2,1-2H3,(H,22,27). The van der Waals surface area contributed by atoms with Gasteiger partial charge in [0.15, 0.2) is 5.82 Å². The van der Waals surface area contributed by atoms with Gasteiger partial charge in [-0.1, -0.05) is 36.0 Å². The highest BCUT2D eigenvalue weighted by Gasteiger charge is 2.15. The number of thioether (sulfide) groups is 1. The first-order valence-corrected chi connectivity index (χ1v) is 9.78. The Morgan fingerprint density at radius 2 is 1.96 bits per heavy atom. The number of nitrogens with zero attached hydrogens (tertiary/aromatic N) is 3. The number of nitrogen functional groups attached to an aromatic ring is 1. The highest BCUT2D eigenvalue weighted by atomic mass is 32.2. The number of rotatable bonds is 5. The lowest BCUT2D eigenvalue weighted by molar-refractivity contribution is -0.113. The van der Waals surface area contributed by atoms with E-state index in [1.807, 2.05) is 62.4 Å². The summed E-state index contributed by atoms with van der Waals surface area (Å²) >= 11 is 1.24. The molecule has 4 rings (SSSR count). The van der Waals surface area contributed by atoms with Crippen LogP contribution in [0.25, 0.3) is 22.4 Å². The number of carbonyl (C=O) groups excluding carboxylic acids is 1. The van der Waals surface area contributed by atoms with Crippen LogP contribution in [0.1, 0.15) is 11.1 Å². The summed E-state index contributed by atoms with van der Waals surface area (Å²) in [6, 6.07) is 15.8. The maximum atomic E-state index is 12.3. The molecule has 2 aromatic carbocycles. The number of hydrogen-bond acceptors (Lipinski definition) is 5. The molecule has 142 valence electrons. The number of nitrogens with one attached hydrogen (secondary N) is 2. The van der Waals surface area contributed by atoms with E-state index >= 15 is 0 Å². The normalized spacial score (nSPS) is 11.1. The monoisotopic (exact) mass is 392 g/mol. The Kier molecular flexibility index (Phi) is 4.79. The van der Waals surface area contributed by atoms with E-state index in [-0.39, 0.29) is 11.7 Å². The van der Waals surface area contributed by atoms with Gasteiger partial charge in [0, 0.05) is 16.6 Å². The number of nitrogens with two attached hydrogens (primary N) is 1. The minimum atomic E-state index is -0.122. The summed E-state index contributed by atoms with van der Waals surface area (Å²) in [5.41, 5.74) is 4.88. The lowest BCUT2D eigenvalue weighted by atomic mass is 10.1. The van der Waals surface area contributed by atoms with Crippen LogP contribution in [0.5, 0.6) is 0 Å². The summed E-state index contributed by atoms with van der Waals surface area (Å²) < 4.78 is 1.40. The number of para-hydroxylation sites is 1. The Hall–Kier alpha value is -3.26. The SMILES string of the molecule is Cc1ccc(NC(=O)CSc2nnc(-c3cc4ccccc4[nH]3)n2N)cc1C. The van der Waals surface area contributed by atoms with E-state index in [0.29, 0.717) is 11.0 Å².